The van der Waals surface area contributed by atoms with Gasteiger partial charge in [-0.2, -0.15) is 0 Å². The van der Waals surface area contributed by atoms with Crippen molar-refractivity contribution in [1.29, 1.82) is 0 Å². The predicted octanol–water partition coefficient (Wildman–Crippen LogP) is 2.51. The average Bonchev–Trinajstić information content (AvgIpc) is 3.23. The van der Waals surface area contributed by atoms with Crippen molar-refractivity contribution in [2.75, 3.05) is 39.3 Å². The van der Waals surface area contributed by atoms with Crippen LogP contribution >= 0.6 is 0 Å². The molecule has 1 fully saturated rings. The molecule has 1 aromatic carbocycles. The first-order valence-electron chi connectivity index (χ1n) is 11.5. The van der Waals surface area contributed by atoms with Crippen LogP contribution in [-0.4, -0.2) is 70.3 Å². The SMILES string of the molecule is CCCNC(=O)CN1CCN(C(=O)c2cccc(OCc3cn4cc(C)ccc4n3)c2)CC1. The van der Waals surface area contributed by atoms with Crippen LogP contribution in [0, 0.1) is 6.92 Å². The summed E-state index contributed by atoms with van der Waals surface area (Å²) < 4.78 is 7.91. The normalized spacial score (nSPS) is 14.4. The largest absolute Gasteiger partial charge is 0.487 e. The van der Waals surface area contributed by atoms with Crippen LogP contribution in [-0.2, 0) is 11.4 Å². The Kier molecular flexibility index (Phi) is 7.24. The second kappa shape index (κ2) is 10.5. The first-order chi connectivity index (χ1) is 16.0. The molecule has 8 nitrogen and oxygen atoms in total. The van der Waals surface area contributed by atoms with Crippen molar-refractivity contribution in [3.8, 4) is 5.75 Å². The van der Waals surface area contributed by atoms with Gasteiger partial charge in [-0.1, -0.05) is 19.1 Å². The third-order valence-corrected chi connectivity index (χ3v) is 5.72. The number of hydrogen-bond acceptors (Lipinski definition) is 5. The van der Waals surface area contributed by atoms with E-state index in [-0.39, 0.29) is 11.8 Å². The summed E-state index contributed by atoms with van der Waals surface area (Å²) in [4.78, 5) is 33.4. The van der Waals surface area contributed by atoms with Gasteiger partial charge in [0, 0.05) is 50.7 Å². The lowest BCUT2D eigenvalue weighted by Crippen LogP contribution is -2.51. The monoisotopic (exact) mass is 449 g/mol. The molecule has 1 N–H and O–H groups in total. The van der Waals surface area contributed by atoms with Crippen molar-refractivity contribution < 1.29 is 14.3 Å². The smallest absolute Gasteiger partial charge is 0.254 e. The minimum Gasteiger partial charge on any atom is -0.487 e. The van der Waals surface area contributed by atoms with Gasteiger partial charge in [0.2, 0.25) is 5.91 Å². The van der Waals surface area contributed by atoms with E-state index < -0.39 is 0 Å². The fourth-order valence-corrected chi connectivity index (χ4v) is 3.92. The lowest BCUT2D eigenvalue weighted by atomic mass is 10.1. The van der Waals surface area contributed by atoms with Gasteiger partial charge in [0.1, 0.15) is 18.0 Å². The van der Waals surface area contributed by atoms with Crippen LogP contribution in [0.4, 0.5) is 0 Å². The molecule has 0 spiro atoms. The molecule has 1 saturated heterocycles. The van der Waals surface area contributed by atoms with E-state index in [9.17, 15) is 9.59 Å². The Bertz CT molecular complexity index is 1120. The molecule has 0 aliphatic carbocycles. The summed E-state index contributed by atoms with van der Waals surface area (Å²) in [5.74, 6) is 0.668. The average molecular weight is 450 g/mol. The topological polar surface area (TPSA) is 79.2 Å². The number of hydrogen-bond donors (Lipinski definition) is 1. The molecule has 0 radical (unpaired) electrons. The van der Waals surface area contributed by atoms with Crippen LogP contribution in [0.1, 0.15) is 35.0 Å². The number of nitrogens with zero attached hydrogens (tertiary/aromatic N) is 4. The molecule has 0 saturated carbocycles. The van der Waals surface area contributed by atoms with Crippen LogP contribution in [0.3, 0.4) is 0 Å². The number of rotatable bonds is 8. The highest BCUT2D eigenvalue weighted by molar-refractivity contribution is 5.94. The predicted molar refractivity (Wildman–Crippen MR) is 126 cm³/mol. The maximum atomic E-state index is 13.0. The standard InChI is InChI=1S/C25H31N5O3/c1-3-9-26-24(31)17-28-10-12-29(13-11-28)25(32)20-5-4-6-22(14-20)33-18-21-16-30-15-19(2)7-8-23(30)27-21/h4-8,14-16H,3,9-13,17-18H2,1-2H3,(H,26,31). The number of aromatic nitrogens is 2. The summed E-state index contributed by atoms with van der Waals surface area (Å²) in [5, 5.41) is 2.90. The number of pyridine rings is 1. The van der Waals surface area contributed by atoms with Crippen LogP contribution in [0.15, 0.2) is 48.8 Å². The Morgan fingerprint density at radius 3 is 2.70 bits per heavy atom. The van der Waals surface area contributed by atoms with E-state index in [0.29, 0.717) is 57.2 Å². The van der Waals surface area contributed by atoms with E-state index in [4.69, 9.17) is 4.74 Å². The van der Waals surface area contributed by atoms with Gasteiger partial charge in [-0.15, -0.1) is 0 Å². The van der Waals surface area contributed by atoms with Crippen LogP contribution in [0.5, 0.6) is 5.75 Å². The second-order valence-corrected chi connectivity index (χ2v) is 8.44. The highest BCUT2D eigenvalue weighted by atomic mass is 16.5. The molecule has 4 rings (SSSR count). The number of piperazine rings is 1. The molecule has 2 aromatic heterocycles. The minimum absolute atomic E-state index is 0.0151. The fraction of sp³-hybridized carbons (Fsp3) is 0.400. The lowest BCUT2D eigenvalue weighted by molar-refractivity contribution is -0.122. The molecular formula is C25H31N5O3. The van der Waals surface area contributed by atoms with Crippen molar-refractivity contribution in [2.24, 2.45) is 0 Å². The van der Waals surface area contributed by atoms with Gasteiger partial charge in [-0.25, -0.2) is 4.98 Å². The van der Waals surface area contributed by atoms with Gasteiger partial charge in [0.25, 0.3) is 5.91 Å². The number of nitrogens with one attached hydrogen (secondary N) is 1. The first kappa shape index (κ1) is 22.8. The zero-order valence-corrected chi connectivity index (χ0v) is 19.3. The van der Waals surface area contributed by atoms with Gasteiger partial charge in [-0.3, -0.25) is 14.5 Å². The summed E-state index contributed by atoms with van der Waals surface area (Å²) in [6.45, 7) is 8.08. The lowest BCUT2D eigenvalue weighted by Gasteiger charge is -2.34. The summed E-state index contributed by atoms with van der Waals surface area (Å²) >= 11 is 0. The Morgan fingerprint density at radius 2 is 1.91 bits per heavy atom. The molecule has 0 unspecified atom stereocenters. The van der Waals surface area contributed by atoms with E-state index in [1.807, 2.05) is 65.9 Å². The number of imidazole rings is 1. The summed E-state index contributed by atoms with van der Waals surface area (Å²) in [5.41, 5.74) is 3.48. The fourth-order valence-electron chi connectivity index (χ4n) is 3.92. The number of carbonyl (C=O) groups is 2. The summed E-state index contributed by atoms with van der Waals surface area (Å²) in [6, 6.07) is 11.3. The molecule has 0 atom stereocenters. The van der Waals surface area contributed by atoms with Gasteiger partial charge in [0.15, 0.2) is 0 Å². The maximum Gasteiger partial charge on any atom is 0.254 e. The first-order valence-corrected chi connectivity index (χ1v) is 11.5. The number of amides is 2. The number of aryl methyl sites for hydroxylation is 1. The van der Waals surface area contributed by atoms with Crippen molar-refractivity contribution in [1.82, 2.24) is 24.5 Å². The van der Waals surface area contributed by atoms with Crippen molar-refractivity contribution in [3.05, 3.63) is 65.6 Å². The maximum absolute atomic E-state index is 13.0. The quantitative estimate of drug-likeness (QED) is 0.572. The molecule has 3 aromatic rings. The second-order valence-electron chi connectivity index (χ2n) is 8.44. The van der Waals surface area contributed by atoms with E-state index in [2.05, 4.69) is 15.2 Å². The van der Waals surface area contributed by atoms with Crippen molar-refractivity contribution >= 4 is 17.5 Å². The summed E-state index contributed by atoms with van der Waals surface area (Å²) in [6.07, 6.45) is 4.91. The van der Waals surface area contributed by atoms with Gasteiger partial charge < -0.3 is 19.4 Å². The van der Waals surface area contributed by atoms with E-state index in [1.165, 1.54) is 5.56 Å². The molecule has 3 heterocycles. The molecule has 2 amide bonds. The number of fused-ring (bicyclic) bond motifs is 1. The van der Waals surface area contributed by atoms with E-state index >= 15 is 0 Å². The Morgan fingerprint density at radius 1 is 1.09 bits per heavy atom. The van der Waals surface area contributed by atoms with Gasteiger partial charge in [-0.05, 0) is 43.2 Å². The van der Waals surface area contributed by atoms with Gasteiger partial charge in [0.05, 0.1) is 12.2 Å². The molecule has 1 aliphatic rings. The Hall–Kier alpha value is -3.39. The van der Waals surface area contributed by atoms with Crippen LogP contribution in [0.25, 0.3) is 5.65 Å². The third kappa shape index (κ3) is 5.90. The highest BCUT2D eigenvalue weighted by Gasteiger charge is 2.23. The molecule has 0 bridgehead atoms. The molecule has 1 aliphatic heterocycles. The number of ether oxygens (including phenoxy) is 1. The Balaban J connectivity index is 1.31. The zero-order chi connectivity index (χ0) is 23.2. The molecule has 33 heavy (non-hydrogen) atoms. The molecular weight excluding hydrogens is 418 g/mol. The van der Waals surface area contributed by atoms with E-state index in [1.54, 1.807) is 6.07 Å². The van der Waals surface area contributed by atoms with Crippen molar-refractivity contribution in [2.45, 2.75) is 26.9 Å². The molecule has 8 heteroatoms. The minimum atomic E-state index is -0.0151. The van der Waals surface area contributed by atoms with E-state index in [0.717, 1.165) is 17.8 Å². The Labute approximate surface area is 194 Å². The summed E-state index contributed by atoms with van der Waals surface area (Å²) in [7, 11) is 0. The van der Waals surface area contributed by atoms with Crippen LogP contribution in [0.2, 0.25) is 0 Å². The van der Waals surface area contributed by atoms with Gasteiger partial charge >= 0.3 is 0 Å². The van der Waals surface area contributed by atoms with Crippen LogP contribution < -0.4 is 10.1 Å². The third-order valence-electron chi connectivity index (χ3n) is 5.72. The zero-order valence-electron chi connectivity index (χ0n) is 19.3. The highest BCUT2D eigenvalue weighted by Crippen LogP contribution is 2.18. The number of carbonyl (C=O) groups excluding carboxylic acids is 2. The molecule has 174 valence electrons. The number of benzene rings is 1. The van der Waals surface area contributed by atoms with Crippen molar-refractivity contribution in [3.63, 3.8) is 0 Å².